The van der Waals surface area contributed by atoms with Crippen LogP contribution in [0.4, 0.5) is 0 Å². The number of hydrogen-bond donors (Lipinski definition) is 1. The Morgan fingerprint density at radius 1 is 1.33 bits per heavy atom. The summed E-state index contributed by atoms with van der Waals surface area (Å²) in [7, 11) is -2.82. The summed E-state index contributed by atoms with van der Waals surface area (Å²) in [6.07, 6.45) is 6.06. The molecule has 4 heteroatoms. The van der Waals surface area contributed by atoms with Crippen molar-refractivity contribution in [3.05, 3.63) is 0 Å². The van der Waals surface area contributed by atoms with Crippen LogP contribution >= 0.6 is 0 Å². The molecule has 0 saturated carbocycles. The van der Waals surface area contributed by atoms with Gasteiger partial charge in [-0.05, 0) is 38.6 Å². The smallest absolute Gasteiger partial charge is 0.154 e. The first kappa shape index (κ1) is 11.4. The van der Waals surface area contributed by atoms with Gasteiger partial charge >= 0.3 is 0 Å². The van der Waals surface area contributed by atoms with Gasteiger partial charge in [-0.1, -0.05) is 13.3 Å². The molecule has 0 spiro atoms. The van der Waals surface area contributed by atoms with E-state index in [1.807, 2.05) is 0 Å². The first-order valence-corrected chi connectivity index (χ1v) is 7.79. The largest absolute Gasteiger partial charge is 0.310 e. The van der Waals surface area contributed by atoms with Crippen LogP contribution in [-0.2, 0) is 9.84 Å². The van der Waals surface area contributed by atoms with Crippen molar-refractivity contribution in [2.75, 3.05) is 12.3 Å². The van der Waals surface area contributed by atoms with E-state index >= 15 is 0 Å². The Bertz CT molecular complexity index is 317. The van der Waals surface area contributed by atoms with Gasteiger partial charge in [-0.3, -0.25) is 0 Å². The number of rotatable bonds is 2. The number of nitrogens with one attached hydrogen (secondary N) is 1. The van der Waals surface area contributed by atoms with Gasteiger partial charge in [0.15, 0.2) is 9.84 Å². The van der Waals surface area contributed by atoms with Crippen LogP contribution in [-0.4, -0.2) is 31.5 Å². The molecule has 0 aliphatic carbocycles. The van der Waals surface area contributed by atoms with Crippen LogP contribution in [0, 0.1) is 0 Å². The van der Waals surface area contributed by atoms with E-state index in [1.54, 1.807) is 0 Å². The molecule has 2 aliphatic heterocycles. The van der Waals surface area contributed by atoms with Crippen LogP contribution in [0.25, 0.3) is 0 Å². The summed E-state index contributed by atoms with van der Waals surface area (Å²) in [4.78, 5) is 0. The van der Waals surface area contributed by atoms with Crippen molar-refractivity contribution in [2.24, 2.45) is 0 Å². The molecule has 0 radical (unpaired) electrons. The Morgan fingerprint density at radius 2 is 2.13 bits per heavy atom. The number of sulfone groups is 1. The zero-order valence-electron chi connectivity index (χ0n) is 9.46. The first-order valence-electron chi connectivity index (χ1n) is 6.07. The van der Waals surface area contributed by atoms with Gasteiger partial charge in [0.25, 0.3) is 0 Å². The topological polar surface area (TPSA) is 46.2 Å². The molecule has 0 aromatic rings. The highest BCUT2D eigenvalue weighted by atomic mass is 32.2. The minimum atomic E-state index is -2.82. The lowest BCUT2D eigenvalue weighted by atomic mass is 9.82. The zero-order chi connectivity index (χ0) is 10.9. The lowest BCUT2D eigenvalue weighted by Gasteiger charge is -2.42. The third-order valence-electron chi connectivity index (χ3n) is 4.10. The Morgan fingerprint density at radius 3 is 2.60 bits per heavy atom. The normalized spacial score (nSPS) is 40.5. The van der Waals surface area contributed by atoms with E-state index in [0.29, 0.717) is 5.75 Å². The van der Waals surface area contributed by atoms with Gasteiger partial charge < -0.3 is 5.32 Å². The molecule has 0 amide bonds. The predicted molar refractivity (Wildman–Crippen MR) is 61.7 cm³/mol. The van der Waals surface area contributed by atoms with Gasteiger partial charge in [0.2, 0.25) is 0 Å². The van der Waals surface area contributed by atoms with Crippen LogP contribution in [0.2, 0.25) is 0 Å². The molecular formula is C11H21NO2S. The van der Waals surface area contributed by atoms with Gasteiger partial charge in [-0.15, -0.1) is 0 Å². The van der Waals surface area contributed by atoms with E-state index < -0.39 is 9.84 Å². The fraction of sp³-hybridized carbons (Fsp3) is 1.00. The molecular weight excluding hydrogens is 210 g/mol. The Hall–Kier alpha value is -0.0900. The predicted octanol–water partition coefficient (Wildman–Crippen LogP) is 1.49. The Balaban J connectivity index is 2.25. The molecule has 2 rings (SSSR count). The van der Waals surface area contributed by atoms with Crippen molar-refractivity contribution in [3.8, 4) is 0 Å². The van der Waals surface area contributed by atoms with Crippen LogP contribution in [0.1, 0.15) is 45.4 Å². The second-order valence-electron chi connectivity index (χ2n) is 4.89. The van der Waals surface area contributed by atoms with Crippen LogP contribution in [0.3, 0.4) is 0 Å². The lowest BCUT2D eigenvalue weighted by Crippen LogP contribution is -2.57. The molecule has 2 saturated heterocycles. The highest BCUT2D eigenvalue weighted by Gasteiger charge is 2.47. The Kier molecular flexibility index (Phi) is 3.08. The molecule has 0 bridgehead atoms. The maximum Gasteiger partial charge on any atom is 0.154 e. The molecule has 15 heavy (non-hydrogen) atoms. The average molecular weight is 231 g/mol. The van der Waals surface area contributed by atoms with Crippen LogP contribution < -0.4 is 5.32 Å². The standard InChI is InChI=1S/C11H21NO2S/c1-2-11(7-3-4-8-12-11)10-6-5-9-15(10,13)14/h10,12H,2-9H2,1H3. The summed E-state index contributed by atoms with van der Waals surface area (Å²) in [6, 6.07) is 0. The van der Waals surface area contributed by atoms with E-state index in [2.05, 4.69) is 12.2 Å². The second kappa shape index (κ2) is 4.06. The van der Waals surface area contributed by atoms with Crippen molar-refractivity contribution in [1.29, 1.82) is 0 Å². The molecule has 2 fully saturated rings. The zero-order valence-corrected chi connectivity index (χ0v) is 10.3. The van der Waals surface area contributed by atoms with Crippen LogP contribution in [0.15, 0.2) is 0 Å². The molecule has 2 atom stereocenters. The van der Waals surface area contributed by atoms with E-state index in [1.165, 1.54) is 12.8 Å². The molecule has 2 unspecified atom stereocenters. The highest BCUT2D eigenvalue weighted by Crippen LogP contribution is 2.36. The third kappa shape index (κ3) is 1.94. The van der Waals surface area contributed by atoms with E-state index in [9.17, 15) is 8.42 Å². The van der Waals surface area contributed by atoms with Crippen LogP contribution in [0.5, 0.6) is 0 Å². The van der Waals surface area contributed by atoms with E-state index in [-0.39, 0.29) is 10.8 Å². The fourth-order valence-electron chi connectivity index (χ4n) is 3.21. The highest BCUT2D eigenvalue weighted by molar-refractivity contribution is 7.92. The van der Waals surface area contributed by atoms with Gasteiger partial charge in [0, 0.05) is 5.54 Å². The summed E-state index contributed by atoms with van der Waals surface area (Å²) >= 11 is 0. The molecule has 3 nitrogen and oxygen atoms in total. The van der Waals surface area contributed by atoms with Gasteiger partial charge in [-0.2, -0.15) is 0 Å². The lowest BCUT2D eigenvalue weighted by molar-refractivity contribution is 0.231. The van der Waals surface area contributed by atoms with Crippen molar-refractivity contribution < 1.29 is 8.42 Å². The molecule has 0 aromatic heterocycles. The average Bonchev–Trinajstić information content (AvgIpc) is 2.60. The van der Waals surface area contributed by atoms with E-state index in [4.69, 9.17) is 0 Å². The molecule has 0 aromatic carbocycles. The Labute approximate surface area is 92.6 Å². The van der Waals surface area contributed by atoms with Crippen molar-refractivity contribution in [1.82, 2.24) is 5.32 Å². The minimum Gasteiger partial charge on any atom is -0.310 e. The number of hydrogen-bond acceptors (Lipinski definition) is 3. The van der Waals surface area contributed by atoms with Crippen molar-refractivity contribution in [2.45, 2.75) is 56.2 Å². The summed E-state index contributed by atoms with van der Waals surface area (Å²) in [5.41, 5.74) is -0.104. The third-order valence-corrected chi connectivity index (χ3v) is 6.51. The first-order chi connectivity index (χ1) is 7.11. The molecule has 2 heterocycles. The summed E-state index contributed by atoms with van der Waals surface area (Å²) in [6.45, 7) is 3.10. The summed E-state index contributed by atoms with van der Waals surface area (Å²) in [5, 5.41) is 3.39. The fourth-order valence-corrected chi connectivity index (χ4v) is 5.64. The van der Waals surface area contributed by atoms with E-state index in [0.717, 1.165) is 32.2 Å². The molecule has 1 N–H and O–H groups in total. The minimum absolute atomic E-state index is 0.104. The van der Waals surface area contributed by atoms with Gasteiger partial charge in [-0.25, -0.2) is 8.42 Å². The summed E-state index contributed by atoms with van der Waals surface area (Å²) < 4.78 is 24.0. The van der Waals surface area contributed by atoms with Gasteiger partial charge in [0.1, 0.15) is 0 Å². The maximum absolute atomic E-state index is 12.0. The SMILES string of the molecule is CCC1(C2CCCS2(=O)=O)CCCCN1. The monoisotopic (exact) mass is 231 g/mol. The van der Waals surface area contributed by atoms with Gasteiger partial charge in [0.05, 0.1) is 11.0 Å². The molecule has 88 valence electrons. The molecule has 2 aliphatic rings. The van der Waals surface area contributed by atoms with Crippen molar-refractivity contribution >= 4 is 9.84 Å². The summed E-state index contributed by atoms with van der Waals surface area (Å²) in [5.74, 6) is 0.404. The number of piperidine rings is 1. The van der Waals surface area contributed by atoms with Crippen molar-refractivity contribution in [3.63, 3.8) is 0 Å². The quantitative estimate of drug-likeness (QED) is 0.783. The second-order valence-corrected chi connectivity index (χ2v) is 7.19. The maximum atomic E-state index is 12.0.